The van der Waals surface area contributed by atoms with Crippen molar-refractivity contribution in [2.75, 3.05) is 31.9 Å². The summed E-state index contributed by atoms with van der Waals surface area (Å²) in [7, 11) is 0. The van der Waals surface area contributed by atoms with E-state index in [1.807, 2.05) is 242 Å². The molecule has 5 aliphatic rings. The third kappa shape index (κ3) is 31.0. The van der Waals surface area contributed by atoms with Crippen LogP contribution in [0.2, 0.25) is 0 Å². The molecule has 4 fully saturated rings. The maximum atomic E-state index is 14.1. The molecule has 5 aromatic carbocycles. The van der Waals surface area contributed by atoms with Gasteiger partial charge in [-0.3, -0.25) is 57.5 Å². The van der Waals surface area contributed by atoms with Crippen LogP contribution in [0.4, 0.5) is 0 Å². The number of likely N-dealkylation sites (tertiary alicyclic amines) is 4. The molecule has 11 aromatic rings. The van der Waals surface area contributed by atoms with Crippen molar-refractivity contribution in [1.82, 2.24) is 60.4 Å². The normalized spacial score (nSPS) is 18.8. The summed E-state index contributed by atoms with van der Waals surface area (Å²) < 4.78 is 0. The average molecular weight is 2160 g/mol. The van der Waals surface area contributed by atoms with Gasteiger partial charge >= 0.3 is 0 Å². The molecule has 0 unspecified atom stereocenters. The van der Waals surface area contributed by atoms with E-state index in [9.17, 15) is 83.1 Å². The van der Waals surface area contributed by atoms with Crippen LogP contribution < -0.4 is 16.0 Å². The minimum Gasteiger partial charge on any atom is -0.391 e. The quantitative estimate of drug-likeness (QED) is 0.0161. The van der Waals surface area contributed by atoms with E-state index in [4.69, 9.17) is 0 Å². The summed E-state index contributed by atoms with van der Waals surface area (Å²) in [6.07, 6.45) is 2.76. The number of thiazole rings is 4. The molecule has 792 valence electrons. The molecule has 6 aromatic heterocycles. The lowest BCUT2D eigenvalue weighted by atomic mass is 9.99. The Balaban J connectivity index is 0.000000166. The number of rotatable bonds is 41. The summed E-state index contributed by atoms with van der Waals surface area (Å²) >= 11 is 13.4. The minimum absolute atomic E-state index is 0.00320. The van der Waals surface area contributed by atoms with Crippen LogP contribution in [-0.4, -0.2) is 239 Å². The smallest absolute Gasteiger partial charge is 0.255 e. The number of ketones is 4. The number of hydrogen-bond acceptors (Lipinski definition) is 28. The van der Waals surface area contributed by atoms with E-state index in [2.05, 4.69) is 48.5 Å². The van der Waals surface area contributed by atoms with Crippen LogP contribution in [0.15, 0.2) is 178 Å². The Morgan fingerprint density at radius 1 is 0.383 bits per heavy atom. The standard InChI is InChI=1S/C31H29N3O4S2.C29H35N3O4S2.C27H37N3O5S.C26H35N3O4S2/c1-19-29(40-18-32-19)21-11-8-20(9-12-21)10-13-26(36)25-15-23(35)17-33(25)31(38)28(27-7-4-14-39-27)34-16-22-5-2-3-6-24(22)30(34)37;1-18(2)6-13-26(35)31-27(25-5-4-14-37-25)29(36)32-16-22(33)15-23(32)24(34)12-9-20-7-10-21(11-8-20)28-19(3)30-17-38-28;1-16(2)5-12-24(34)29-25(18(4)31)27(35)30-14-21(32)13-22(30)23(33)11-8-19-6-9-20(10-7-19)26-17(3)28-15-36-26;1-16(2)4-11-24(32)28-21(14-34)26(33)29-13-20(30)12-22(29)23(31)10-7-18-5-8-19(9-6-18)25-17(3)27-15-35-25/h2-9,11-12,14,18,23,25,28,35H,10,13,15-17H2,1H3;4-5,7-8,10-11,14,17-18,22-23,27,33H,6,9,12-13,15-16H2,1-3H3,(H,31,35);6-7,9-10,15-16,18,21-22,25,31-32H,5,8,11-14H2,1-4H3,(H,29,34);5-6,8-9,15-16,20-22,30,34H,4,7,10-14H2,1-3H3,(H,28,32)/t23-,25+,28+;22-,23+,27+;18-,21+,22-,25-;20-,21+,22+/m1101/s1. The summed E-state index contributed by atoms with van der Waals surface area (Å²) in [4.78, 5) is 188. The Morgan fingerprint density at radius 3 is 1.02 bits per heavy atom. The number of fused-ring (bicyclic) bond motifs is 1. The number of nitrogens with one attached hydrogen (secondary N) is 3. The van der Waals surface area contributed by atoms with Crippen LogP contribution in [0.25, 0.3) is 41.8 Å². The topological polar surface area (TPSA) is 410 Å². The van der Waals surface area contributed by atoms with E-state index in [-0.39, 0.29) is 154 Å². The molecule has 5 aliphatic heterocycles. The molecule has 8 amide bonds. The number of thiol groups is 1. The van der Waals surface area contributed by atoms with E-state index in [1.54, 1.807) is 56.3 Å². The van der Waals surface area contributed by atoms with Gasteiger partial charge in [-0.1, -0.05) is 169 Å². The Kier molecular flexibility index (Phi) is 42.0. The molecule has 8 N–H and O–H groups in total. The molecule has 0 aliphatic carbocycles. The number of nitrogens with zero attached hydrogens (tertiary/aromatic N) is 9. The molecule has 0 radical (unpaired) electrons. The van der Waals surface area contributed by atoms with Crippen molar-refractivity contribution in [3.8, 4) is 41.8 Å². The predicted octanol–water partition coefficient (Wildman–Crippen LogP) is 16.3. The number of amides is 8. The molecule has 16 rings (SSSR count). The highest BCUT2D eigenvalue weighted by Crippen LogP contribution is 2.40. The number of β-amino-alcohol motifs (C(OH)–C–C–N with tert-alkyl or cyclic N) is 4. The van der Waals surface area contributed by atoms with E-state index in [0.29, 0.717) is 74.8 Å². The fraction of sp³-hybridized carbons (Fsp3) is 0.451. The maximum Gasteiger partial charge on any atom is 0.255 e. The summed E-state index contributed by atoms with van der Waals surface area (Å²) in [5, 5.41) is 63.6. The molecule has 0 spiro atoms. The number of thiophene rings is 2. The molecule has 36 heteroatoms. The van der Waals surface area contributed by atoms with Gasteiger partial charge in [-0.25, -0.2) is 19.9 Å². The number of hydrogen-bond donors (Lipinski definition) is 9. The second kappa shape index (κ2) is 54.5. The molecule has 29 nitrogen and oxygen atoms in total. The lowest BCUT2D eigenvalue weighted by Crippen LogP contribution is -2.56. The summed E-state index contributed by atoms with van der Waals surface area (Å²) in [5.41, 5.74) is 21.3. The molecule has 11 heterocycles. The number of carbonyl (C=O) groups excluding carboxylic acids is 12. The lowest BCUT2D eigenvalue weighted by Gasteiger charge is -2.32. The number of aliphatic hydroxyl groups is 5. The molecule has 149 heavy (non-hydrogen) atoms. The second-order valence-electron chi connectivity index (χ2n) is 40.2. The van der Waals surface area contributed by atoms with Gasteiger partial charge in [0, 0.05) is 124 Å². The first kappa shape index (κ1) is 115. The van der Waals surface area contributed by atoms with Crippen LogP contribution >= 0.6 is 80.6 Å². The van der Waals surface area contributed by atoms with Gasteiger partial charge in [0.25, 0.3) is 17.7 Å². The maximum absolute atomic E-state index is 14.1. The summed E-state index contributed by atoms with van der Waals surface area (Å²) in [5.74, 6) is -1.62. The van der Waals surface area contributed by atoms with E-state index < -0.39 is 84.8 Å². The van der Waals surface area contributed by atoms with Crippen molar-refractivity contribution in [1.29, 1.82) is 0 Å². The number of benzene rings is 5. The number of aromatic nitrogens is 4. The molecular formula is C113H136N12O17S7. The molecule has 0 saturated carbocycles. The molecule has 13 atom stereocenters. The Bertz CT molecular complexity index is 6360. The number of Topliss-reactive ketones (excluding diaryl/α,β-unsaturated/α-hetero) is 4. The number of aliphatic hydroxyl groups excluding tert-OH is 5. The fourth-order valence-corrected chi connectivity index (χ4v) is 24.2. The van der Waals surface area contributed by atoms with Crippen LogP contribution in [0.3, 0.4) is 0 Å². The van der Waals surface area contributed by atoms with Gasteiger partial charge in [0.15, 0.2) is 23.1 Å². The zero-order valence-corrected chi connectivity index (χ0v) is 91.9. The summed E-state index contributed by atoms with van der Waals surface area (Å²) in [6.45, 7) is 22.1. The third-order valence-electron chi connectivity index (χ3n) is 27.5. The first-order valence-electron chi connectivity index (χ1n) is 51.0. The lowest BCUT2D eigenvalue weighted by molar-refractivity contribution is -0.143. The highest BCUT2D eigenvalue weighted by atomic mass is 32.1. The van der Waals surface area contributed by atoms with Crippen molar-refractivity contribution in [2.24, 2.45) is 17.8 Å². The van der Waals surface area contributed by atoms with Crippen molar-refractivity contribution in [2.45, 2.75) is 277 Å². The first-order chi connectivity index (χ1) is 71.4. The van der Waals surface area contributed by atoms with Gasteiger partial charge in [0.2, 0.25) is 29.5 Å². The largest absolute Gasteiger partial charge is 0.391 e. The van der Waals surface area contributed by atoms with Gasteiger partial charge in [0.05, 0.1) is 119 Å². The Labute approximate surface area is 900 Å². The van der Waals surface area contributed by atoms with Crippen molar-refractivity contribution in [3.05, 3.63) is 244 Å². The Morgan fingerprint density at radius 2 is 0.705 bits per heavy atom. The van der Waals surface area contributed by atoms with Gasteiger partial charge in [-0.05, 0) is 176 Å². The fourth-order valence-electron chi connectivity index (χ4n) is 19.1. The zero-order valence-electron chi connectivity index (χ0n) is 86.1. The van der Waals surface area contributed by atoms with Gasteiger partial charge in [-0.2, -0.15) is 12.6 Å². The van der Waals surface area contributed by atoms with Crippen molar-refractivity contribution < 1.29 is 83.1 Å². The Hall–Kier alpha value is -11.4. The van der Waals surface area contributed by atoms with Crippen LogP contribution in [-0.2, 0) is 85.0 Å². The minimum atomic E-state index is -1.16. The van der Waals surface area contributed by atoms with Crippen LogP contribution in [0, 0.1) is 45.4 Å². The highest BCUT2D eigenvalue weighted by Gasteiger charge is 2.49. The van der Waals surface area contributed by atoms with Gasteiger partial charge in [-0.15, -0.1) is 68.0 Å². The molecular weight excluding hydrogens is 2020 g/mol. The third-order valence-corrected chi connectivity index (χ3v) is 33.7. The first-order valence-corrected chi connectivity index (χ1v) is 56.9. The van der Waals surface area contributed by atoms with Crippen molar-refractivity contribution in [3.63, 3.8) is 0 Å². The van der Waals surface area contributed by atoms with Gasteiger partial charge in [0.1, 0.15) is 24.2 Å². The van der Waals surface area contributed by atoms with Crippen LogP contribution in [0.5, 0.6) is 0 Å². The van der Waals surface area contributed by atoms with E-state index in [1.165, 1.54) is 49.2 Å². The predicted molar refractivity (Wildman–Crippen MR) is 587 cm³/mol. The van der Waals surface area contributed by atoms with Crippen LogP contribution in [0.1, 0.15) is 221 Å². The monoisotopic (exact) mass is 2160 g/mol. The van der Waals surface area contributed by atoms with E-state index in [0.717, 1.165) is 115 Å². The van der Waals surface area contributed by atoms with E-state index >= 15 is 0 Å². The molecule has 0 bridgehead atoms. The van der Waals surface area contributed by atoms with Gasteiger partial charge < -0.3 is 66.0 Å². The second-order valence-corrected chi connectivity index (χ2v) is 46.0. The zero-order chi connectivity index (χ0) is 107. The highest BCUT2D eigenvalue weighted by molar-refractivity contribution is 7.80. The number of aryl methyl sites for hydroxylation is 8. The van der Waals surface area contributed by atoms with Crippen molar-refractivity contribution >= 4 is 151 Å². The average Bonchev–Trinajstić information content (AvgIpc) is 1.63. The number of carbonyl (C=O) groups is 12. The SMILES string of the molecule is Cc1ncsc1-c1ccc(CCC(=O)[C@@H]2C[C@@H](O)CN2C(=O)[C@@H](NC(=O)CCC(C)C)[C@H](C)O)cc1.Cc1ncsc1-c1ccc(CCC(=O)[C@@H]2C[C@@H](O)CN2C(=O)[C@@H](NC(=O)CCC(C)C)c2cccs2)cc1.Cc1ncsc1-c1ccc(CCC(=O)[C@@H]2C[C@@H](O)CN2C(=O)[C@H](CS)NC(=O)CCC(C)C)cc1.Cc1ncsc1-c1ccc(CCC(=O)[C@@H]2C[C@@H](O)CN2C(=O)[C@H](c2cccs2)N2Cc3ccccc3C2=O)cc1. The molecule has 4 saturated heterocycles. The summed E-state index contributed by atoms with van der Waals surface area (Å²) in [6, 6.07) is 40.6.